The first-order chi connectivity index (χ1) is 11.7. The first-order valence-corrected chi connectivity index (χ1v) is 9.68. The van der Waals surface area contributed by atoms with Crippen LogP contribution in [-0.2, 0) is 14.8 Å². The maximum Gasteiger partial charge on any atom is 0.241 e. The Morgan fingerprint density at radius 3 is 2.52 bits per heavy atom. The van der Waals surface area contributed by atoms with Gasteiger partial charge in [0, 0.05) is 10.6 Å². The number of carbonyl (C=O) groups is 1. The molecule has 0 saturated carbocycles. The second kappa shape index (κ2) is 7.84. The fourth-order valence-electron chi connectivity index (χ4n) is 2.35. The largest absolute Gasteiger partial charge is 0.348 e. The van der Waals surface area contributed by atoms with Gasteiger partial charge < -0.3 is 5.32 Å². The van der Waals surface area contributed by atoms with Gasteiger partial charge in [-0.1, -0.05) is 35.9 Å². The van der Waals surface area contributed by atoms with Crippen molar-refractivity contribution in [2.75, 3.05) is 17.1 Å². The van der Waals surface area contributed by atoms with Gasteiger partial charge in [-0.3, -0.25) is 9.10 Å². The van der Waals surface area contributed by atoms with Gasteiger partial charge in [-0.25, -0.2) is 12.8 Å². The lowest BCUT2D eigenvalue weighted by Gasteiger charge is -2.23. The van der Waals surface area contributed by atoms with Crippen LogP contribution in [0.5, 0.6) is 0 Å². The predicted octanol–water partition coefficient (Wildman–Crippen LogP) is 3.12. The van der Waals surface area contributed by atoms with Gasteiger partial charge in [-0.05, 0) is 31.2 Å². The van der Waals surface area contributed by atoms with Gasteiger partial charge in [0.2, 0.25) is 15.9 Å². The first-order valence-electron chi connectivity index (χ1n) is 7.45. The van der Waals surface area contributed by atoms with Gasteiger partial charge in [0.05, 0.1) is 18.0 Å². The summed E-state index contributed by atoms with van der Waals surface area (Å²) >= 11 is 5.89. The van der Waals surface area contributed by atoms with E-state index in [-0.39, 0.29) is 5.69 Å². The van der Waals surface area contributed by atoms with Gasteiger partial charge in [0.25, 0.3) is 0 Å². The molecule has 0 radical (unpaired) electrons. The summed E-state index contributed by atoms with van der Waals surface area (Å²) in [5, 5.41) is 2.96. The highest BCUT2D eigenvalue weighted by atomic mass is 35.5. The number of halogens is 2. The van der Waals surface area contributed by atoms with E-state index in [1.54, 1.807) is 43.3 Å². The Labute approximate surface area is 151 Å². The van der Waals surface area contributed by atoms with Gasteiger partial charge in [0.1, 0.15) is 12.4 Å². The van der Waals surface area contributed by atoms with E-state index in [1.165, 1.54) is 12.1 Å². The fraction of sp³-hybridized carbons (Fsp3) is 0.235. The third-order valence-electron chi connectivity index (χ3n) is 3.53. The average molecular weight is 385 g/mol. The Morgan fingerprint density at radius 2 is 1.92 bits per heavy atom. The van der Waals surface area contributed by atoms with E-state index in [1.807, 2.05) is 0 Å². The maximum atomic E-state index is 13.8. The van der Waals surface area contributed by atoms with Crippen LogP contribution in [0, 0.1) is 5.82 Å². The molecule has 0 saturated heterocycles. The second-order valence-corrected chi connectivity index (χ2v) is 7.90. The van der Waals surface area contributed by atoms with Crippen LogP contribution < -0.4 is 9.62 Å². The zero-order valence-corrected chi connectivity index (χ0v) is 15.3. The maximum absolute atomic E-state index is 13.8. The summed E-state index contributed by atoms with van der Waals surface area (Å²) in [7, 11) is -3.70. The molecule has 25 heavy (non-hydrogen) atoms. The lowest BCUT2D eigenvalue weighted by atomic mass is 10.1. The van der Waals surface area contributed by atoms with E-state index < -0.39 is 34.3 Å². The number of nitrogens with one attached hydrogen (secondary N) is 1. The molecule has 0 aliphatic heterocycles. The van der Waals surface area contributed by atoms with Crippen LogP contribution in [0.15, 0.2) is 48.5 Å². The molecule has 134 valence electrons. The summed E-state index contributed by atoms with van der Waals surface area (Å²) in [4.78, 5) is 12.3. The van der Waals surface area contributed by atoms with Crippen LogP contribution in [0.25, 0.3) is 0 Å². The van der Waals surface area contributed by atoms with Crippen LogP contribution in [-0.4, -0.2) is 27.1 Å². The molecule has 1 atom stereocenters. The quantitative estimate of drug-likeness (QED) is 0.832. The lowest BCUT2D eigenvalue weighted by Crippen LogP contribution is -2.41. The molecule has 2 aromatic carbocycles. The van der Waals surface area contributed by atoms with Crippen LogP contribution in [0.1, 0.15) is 18.5 Å². The second-order valence-electron chi connectivity index (χ2n) is 5.56. The topological polar surface area (TPSA) is 66.5 Å². The molecule has 0 aromatic heterocycles. The van der Waals surface area contributed by atoms with Gasteiger partial charge >= 0.3 is 0 Å². The lowest BCUT2D eigenvalue weighted by molar-refractivity contribution is -0.120. The molecule has 0 fully saturated rings. The third-order valence-corrected chi connectivity index (χ3v) is 4.91. The molecular formula is C17H18ClFN2O3S. The minimum Gasteiger partial charge on any atom is -0.348 e. The summed E-state index contributed by atoms with van der Waals surface area (Å²) in [5.41, 5.74) is 0.605. The molecule has 2 aromatic rings. The number of hydrogen-bond donors (Lipinski definition) is 1. The van der Waals surface area contributed by atoms with Crippen molar-refractivity contribution < 1.29 is 17.6 Å². The van der Waals surface area contributed by atoms with Gasteiger partial charge in [-0.15, -0.1) is 0 Å². The first kappa shape index (κ1) is 19.2. The van der Waals surface area contributed by atoms with E-state index >= 15 is 0 Å². The highest BCUT2D eigenvalue weighted by Gasteiger charge is 2.22. The van der Waals surface area contributed by atoms with Crippen molar-refractivity contribution in [2.45, 2.75) is 13.0 Å². The molecule has 0 spiro atoms. The van der Waals surface area contributed by atoms with Gasteiger partial charge in [-0.2, -0.15) is 0 Å². The molecule has 5 nitrogen and oxygen atoms in total. The van der Waals surface area contributed by atoms with E-state index in [4.69, 9.17) is 11.6 Å². The van der Waals surface area contributed by atoms with E-state index in [2.05, 4.69) is 5.32 Å². The van der Waals surface area contributed by atoms with E-state index in [9.17, 15) is 17.6 Å². The monoisotopic (exact) mass is 384 g/mol. The Morgan fingerprint density at radius 1 is 1.24 bits per heavy atom. The number of amides is 1. The molecule has 0 bridgehead atoms. The van der Waals surface area contributed by atoms with Crippen molar-refractivity contribution in [3.05, 3.63) is 64.9 Å². The van der Waals surface area contributed by atoms with Crippen molar-refractivity contribution in [3.8, 4) is 0 Å². The summed E-state index contributed by atoms with van der Waals surface area (Å²) in [6.07, 6.45) is 1.00. The summed E-state index contributed by atoms with van der Waals surface area (Å²) in [5.74, 6) is -0.994. The number of sulfonamides is 1. The Balaban J connectivity index is 2.17. The highest BCUT2D eigenvalue weighted by molar-refractivity contribution is 7.92. The molecular weight excluding hydrogens is 367 g/mol. The van der Waals surface area contributed by atoms with E-state index in [0.717, 1.165) is 10.6 Å². The highest BCUT2D eigenvalue weighted by Crippen LogP contribution is 2.22. The normalized spacial score (nSPS) is 12.5. The summed E-state index contributed by atoms with van der Waals surface area (Å²) in [6, 6.07) is 11.7. The van der Waals surface area contributed by atoms with Crippen molar-refractivity contribution in [1.82, 2.24) is 5.32 Å². The third kappa shape index (κ3) is 5.17. The summed E-state index contributed by atoms with van der Waals surface area (Å²) < 4.78 is 38.8. The average Bonchev–Trinajstić information content (AvgIpc) is 2.51. The van der Waals surface area contributed by atoms with Crippen molar-refractivity contribution in [2.24, 2.45) is 0 Å². The number of carbonyl (C=O) groups excluding carboxylic acids is 1. The number of anilines is 1. The molecule has 2 rings (SSSR count). The van der Waals surface area contributed by atoms with Crippen molar-refractivity contribution in [1.29, 1.82) is 0 Å². The summed E-state index contributed by atoms with van der Waals surface area (Å²) in [6.45, 7) is 1.19. The molecule has 1 amide bonds. The van der Waals surface area contributed by atoms with Crippen LogP contribution in [0.4, 0.5) is 10.1 Å². The minimum absolute atomic E-state index is 0.281. The van der Waals surface area contributed by atoms with Crippen LogP contribution in [0.2, 0.25) is 5.02 Å². The standard InChI is InChI=1S/C17H18ClFN2O3S/c1-12(15-8-3-4-9-16(15)19)20-17(22)11-21(25(2,23)24)14-7-5-6-13(18)10-14/h3-10,12H,11H2,1-2H3,(H,20,22). The molecule has 0 heterocycles. The molecule has 1 unspecified atom stereocenters. The number of nitrogens with zero attached hydrogens (tertiary/aromatic N) is 1. The SMILES string of the molecule is CC(NC(=O)CN(c1cccc(Cl)c1)S(C)(=O)=O)c1ccccc1F. The minimum atomic E-state index is -3.70. The van der Waals surface area contributed by atoms with Crippen molar-refractivity contribution in [3.63, 3.8) is 0 Å². The zero-order chi connectivity index (χ0) is 18.6. The molecule has 0 aliphatic rings. The molecule has 8 heteroatoms. The Bertz CT molecular complexity index is 874. The molecule has 0 aliphatic carbocycles. The Kier molecular flexibility index (Phi) is 6.02. The fourth-order valence-corrected chi connectivity index (χ4v) is 3.39. The molecule has 1 N–H and O–H groups in total. The van der Waals surface area contributed by atoms with Crippen LogP contribution in [0.3, 0.4) is 0 Å². The number of benzene rings is 2. The number of hydrogen-bond acceptors (Lipinski definition) is 3. The van der Waals surface area contributed by atoms with Crippen LogP contribution >= 0.6 is 11.6 Å². The predicted molar refractivity (Wildman–Crippen MR) is 96.6 cm³/mol. The van der Waals surface area contributed by atoms with Crippen molar-refractivity contribution >= 4 is 33.2 Å². The number of rotatable bonds is 6. The Hall–Kier alpha value is -2.12. The van der Waals surface area contributed by atoms with Gasteiger partial charge in [0.15, 0.2) is 0 Å². The van der Waals surface area contributed by atoms with E-state index in [0.29, 0.717) is 10.6 Å². The smallest absolute Gasteiger partial charge is 0.241 e. The zero-order valence-electron chi connectivity index (χ0n) is 13.7.